The van der Waals surface area contributed by atoms with Crippen LogP contribution in [0.15, 0.2) is 5.16 Å². The molecule has 1 aromatic rings. The van der Waals surface area contributed by atoms with Gasteiger partial charge in [-0.2, -0.15) is 5.26 Å². The van der Waals surface area contributed by atoms with Crippen molar-refractivity contribution in [1.82, 2.24) is 20.2 Å². The number of amides is 1. The first-order chi connectivity index (χ1) is 12.1. The number of fused-ring (bicyclic) bond motifs is 1. The second-order valence-corrected chi connectivity index (χ2v) is 6.95. The number of carboxylic acid groups (broad SMARTS) is 1. The number of hydrogen-bond acceptors (Lipinski definition) is 7. The molecule has 0 radical (unpaired) electrons. The fraction of sp³-hybridized carbons (Fsp3) is 0.625. The fourth-order valence-electron chi connectivity index (χ4n) is 3.43. The zero-order chi connectivity index (χ0) is 17.8. The van der Waals surface area contributed by atoms with Gasteiger partial charge in [-0.25, -0.2) is 14.8 Å². The molecule has 9 heteroatoms. The lowest BCUT2D eigenvalue weighted by Crippen LogP contribution is -2.55. The van der Waals surface area contributed by atoms with E-state index in [1.807, 2.05) is 6.26 Å². The monoisotopic (exact) mass is 362 g/mol. The summed E-state index contributed by atoms with van der Waals surface area (Å²) >= 11 is 1.51. The van der Waals surface area contributed by atoms with Crippen LogP contribution in [0.25, 0.3) is 0 Å². The molecule has 1 fully saturated rings. The van der Waals surface area contributed by atoms with E-state index in [1.54, 1.807) is 0 Å². The van der Waals surface area contributed by atoms with Gasteiger partial charge in [-0.05, 0) is 25.6 Å². The van der Waals surface area contributed by atoms with Crippen molar-refractivity contribution in [2.45, 2.75) is 37.0 Å². The van der Waals surface area contributed by atoms with Crippen molar-refractivity contribution in [3.8, 4) is 6.07 Å². The van der Waals surface area contributed by atoms with Crippen molar-refractivity contribution in [3.63, 3.8) is 0 Å². The van der Waals surface area contributed by atoms with Gasteiger partial charge in [0.05, 0.1) is 24.2 Å². The van der Waals surface area contributed by atoms with E-state index in [0.29, 0.717) is 19.6 Å². The third-order valence-corrected chi connectivity index (χ3v) is 5.21. The number of nitriles is 1. The van der Waals surface area contributed by atoms with E-state index in [1.165, 1.54) is 16.7 Å². The standard InChI is InChI=1S/C16H22N6O2S/c1-25-15-19-13-9-18-6-2-3-12(13)14(20-15)21-7-8-22(16(23)24)11(10-21)4-5-17/h11,18H,2-4,6-10H2,1H3,(H,23,24)/t11-/m0/s1. The van der Waals surface area contributed by atoms with Crippen molar-refractivity contribution in [3.05, 3.63) is 11.3 Å². The Kier molecular flexibility index (Phi) is 5.60. The Morgan fingerprint density at radius 1 is 1.48 bits per heavy atom. The smallest absolute Gasteiger partial charge is 0.407 e. The lowest BCUT2D eigenvalue weighted by molar-refractivity contribution is 0.119. The van der Waals surface area contributed by atoms with Gasteiger partial charge >= 0.3 is 6.09 Å². The molecule has 1 aromatic heterocycles. The Morgan fingerprint density at radius 3 is 3.04 bits per heavy atom. The molecule has 2 N–H and O–H groups in total. The van der Waals surface area contributed by atoms with E-state index >= 15 is 0 Å². The molecule has 0 aromatic carbocycles. The second-order valence-electron chi connectivity index (χ2n) is 6.18. The van der Waals surface area contributed by atoms with Gasteiger partial charge in [0, 0.05) is 31.7 Å². The van der Waals surface area contributed by atoms with E-state index in [4.69, 9.17) is 10.2 Å². The summed E-state index contributed by atoms with van der Waals surface area (Å²) in [5.74, 6) is 0.908. The van der Waals surface area contributed by atoms with Gasteiger partial charge in [0.1, 0.15) is 5.82 Å². The summed E-state index contributed by atoms with van der Waals surface area (Å²) in [6, 6.07) is 1.78. The van der Waals surface area contributed by atoms with Crippen LogP contribution in [0.4, 0.5) is 10.6 Å². The normalized spacial score (nSPS) is 20.6. The molecule has 1 saturated heterocycles. The molecule has 0 saturated carbocycles. The van der Waals surface area contributed by atoms with Crippen LogP contribution < -0.4 is 10.2 Å². The number of hydrogen-bond donors (Lipinski definition) is 2. The van der Waals surface area contributed by atoms with Crippen LogP contribution in [0, 0.1) is 11.3 Å². The van der Waals surface area contributed by atoms with Gasteiger partial charge in [0.2, 0.25) is 0 Å². The summed E-state index contributed by atoms with van der Waals surface area (Å²) in [4.78, 5) is 24.3. The molecule has 1 amide bonds. The van der Waals surface area contributed by atoms with E-state index in [9.17, 15) is 9.90 Å². The van der Waals surface area contributed by atoms with Gasteiger partial charge in [-0.15, -0.1) is 0 Å². The highest BCUT2D eigenvalue weighted by Gasteiger charge is 2.32. The van der Waals surface area contributed by atoms with E-state index in [2.05, 4.69) is 21.3 Å². The minimum atomic E-state index is -0.963. The maximum Gasteiger partial charge on any atom is 0.407 e. The van der Waals surface area contributed by atoms with Crippen molar-refractivity contribution in [1.29, 1.82) is 5.26 Å². The Bertz CT molecular complexity index is 692. The minimum Gasteiger partial charge on any atom is -0.465 e. The number of aromatic nitrogens is 2. The fourth-order valence-corrected chi connectivity index (χ4v) is 3.81. The summed E-state index contributed by atoms with van der Waals surface area (Å²) in [5.41, 5.74) is 2.19. The van der Waals surface area contributed by atoms with Gasteiger partial charge in [-0.3, -0.25) is 0 Å². The van der Waals surface area contributed by atoms with Crippen molar-refractivity contribution in [2.24, 2.45) is 0 Å². The first-order valence-electron chi connectivity index (χ1n) is 8.40. The van der Waals surface area contributed by atoms with E-state index in [-0.39, 0.29) is 12.5 Å². The van der Waals surface area contributed by atoms with Gasteiger partial charge < -0.3 is 20.2 Å². The topological polar surface area (TPSA) is 105 Å². The average Bonchev–Trinajstić information content (AvgIpc) is 2.86. The Morgan fingerprint density at radius 2 is 2.32 bits per heavy atom. The molecule has 3 heterocycles. The third-order valence-electron chi connectivity index (χ3n) is 4.66. The zero-order valence-corrected chi connectivity index (χ0v) is 15.1. The highest BCUT2D eigenvalue weighted by molar-refractivity contribution is 7.98. The van der Waals surface area contributed by atoms with Crippen LogP contribution in [-0.4, -0.2) is 64.5 Å². The van der Waals surface area contributed by atoms with Gasteiger partial charge in [-0.1, -0.05) is 11.8 Å². The van der Waals surface area contributed by atoms with Crippen molar-refractivity contribution >= 4 is 23.7 Å². The molecule has 134 valence electrons. The first kappa shape index (κ1) is 17.8. The lowest BCUT2D eigenvalue weighted by Gasteiger charge is -2.40. The molecule has 8 nitrogen and oxygen atoms in total. The van der Waals surface area contributed by atoms with Crippen LogP contribution in [0.2, 0.25) is 0 Å². The highest BCUT2D eigenvalue weighted by Crippen LogP contribution is 2.29. The first-order valence-corrected chi connectivity index (χ1v) is 9.62. The van der Waals surface area contributed by atoms with E-state index < -0.39 is 6.09 Å². The third kappa shape index (κ3) is 3.80. The van der Waals surface area contributed by atoms with Crippen LogP contribution in [0.5, 0.6) is 0 Å². The molecule has 1 atom stereocenters. The summed E-state index contributed by atoms with van der Waals surface area (Å²) in [6.45, 7) is 3.14. The maximum atomic E-state index is 11.4. The van der Waals surface area contributed by atoms with Crippen molar-refractivity contribution < 1.29 is 9.90 Å². The molecule has 0 bridgehead atoms. The maximum absolute atomic E-state index is 11.4. The largest absolute Gasteiger partial charge is 0.465 e. The second kappa shape index (κ2) is 7.89. The van der Waals surface area contributed by atoms with Crippen LogP contribution >= 0.6 is 11.8 Å². The summed E-state index contributed by atoms with van der Waals surface area (Å²) in [5, 5.41) is 22.5. The minimum absolute atomic E-state index is 0.188. The SMILES string of the molecule is CSc1nc2c(c(N3CCN(C(=O)O)[C@@H](CC#N)C3)n1)CCCNC2. The average molecular weight is 362 g/mol. The van der Waals surface area contributed by atoms with Crippen LogP contribution in [-0.2, 0) is 13.0 Å². The summed E-state index contributed by atoms with van der Waals surface area (Å²) < 4.78 is 0. The predicted octanol–water partition coefficient (Wildman–Crippen LogP) is 1.32. The quantitative estimate of drug-likeness (QED) is 0.613. The van der Waals surface area contributed by atoms with Crippen molar-refractivity contribution in [2.75, 3.05) is 37.3 Å². The number of piperazine rings is 1. The Labute approximate surface area is 151 Å². The molecular formula is C16H22N6O2S. The number of carbonyl (C=O) groups is 1. The number of rotatable bonds is 3. The molecule has 0 unspecified atom stereocenters. The lowest BCUT2D eigenvalue weighted by atomic mass is 10.1. The number of nitrogens with one attached hydrogen (secondary N) is 1. The summed E-state index contributed by atoms with van der Waals surface area (Å²) in [6.07, 6.45) is 3.12. The van der Waals surface area contributed by atoms with Gasteiger partial charge in [0.25, 0.3) is 0 Å². The zero-order valence-electron chi connectivity index (χ0n) is 14.2. The molecular weight excluding hydrogens is 340 g/mol. The number of thioether (sulfide) groups is 1. The highest BCUT2D eigenvalue weighted by atomic mass is 32.2. The predicted molar refractivity (Wildman–Crippen MR) is 94.8 cm³/mol. The molecule has 2 aliphatic heterocycles. The molecule has 3 rings (SSSR count). The van der Waals surface area contributed by atoms with Gasteiger partial charge in [0.15, 0.2) is 5.16 Å². The molecule has 0 aliphatic carbocycles. The number of anilines is 1. The summed E-state index contributed by atoms with van der Waals surface area (Å²) in [7, 11) is 0. The number of nitrogens with zero attached hydrogens (tertiary/aromatic N) is 5. The van der Waals surface area contributed by atoms with E-state index in [0.717, 1.165) is 48.2 Å². The van der Waals surface area contributed by atoms with Crippen LogP contribution in [0.1, 0.15) is 24.1 Å². The molecule has 0 spiro atoms. The molecule has 25 heavy (non-hydrogen) atoms. The Balaban J connectivity index is 1.93. The van der Waals surface area contributed by atoms with Crippen LogP contribution in [0.3, 0.4) is 0 Å². The molecule has 2 aliphatic rings. The Hall–Kier alpha value is -2.05.